The number of hydrogen-bond donors (Lipinski definition) is 1. The highest BCUT2D eigenvalue weighted by Gasteiger charge is 2.34. The SMILES string of the molecule is CC(C)n1ncc2c1OC[C@H](NC(=O)OC(C)(C)C)C(=O)N2C. The highest BCUT2D eigenvalue weighted by atomic mass is 16.6. The van der Waals surface area contributed by atoms with Gasteiger partial charge in [-0.15, -0.1) is 0 Å². The van der Waals surface area contributed by atoms with Gasteiger partial charge in [0.25, 0.3) is 5.91 Å². The first kappa shape index (κ1) is 17.1. The Morgan fingerprint density at radius 3 is 2.70 bits per heavy atom. The van der Waals surface area contributed by atoms with E-state index in [9.17, 15) is 9.59 Å². The number of rotatable bonds is 2. The fourth-order valence-electron chi connectivity index (χ4n) is 2.22. The smallest absolute Gasteiger partial charge is 0.408 e. The molecule has 0 saturated carbocycles. The molecule has 2 amide bonds. The van der Waals surface area contributed by atoms with Crippen molar-refractivity contribution in [1.82, 2.24) is 15.1 Å². The second-order valence-corrected chi connectivity index (χ2v) is 6.78. The van der Waals surface area contributed by atoms with Crippen molar-refractivity contribution in [3.63, 3.8) is 0 Å². The maximum absolute atomic E-state index is 12.5. The quantitative estimate of drug-likeness (QED) is 0.895. The van der Waals surface area contributed by atoms with Crippen molar-refractivity contribution in [2.24, 2.45) is 0 Å². The predicted octanol–water partition coefficient (Wildman–Crippen LogP) is 1.71. The van der Waals surface area contributed by atoms with Gasteiger partial charge in [0, 0.05) is 7.05 Å². The van der Waals surface area contributed by atoms with Crippen LogP contribution in [0.4, 0.5) is 10.5 Å². The zero-order chi connectivity index (χ0) is 17.4. The molecule has 0 unspecified atom stereocenters. The van der Waals surface area contributed by atoms with Crippen LogP contribution >= 0.6 is 0 Å². The van der Waals surface area contributed by atoms with Crippen molar-refractivity contribution in [3.05, 3.63) is 6.20 Å². The topological polar surface area (TPSA) is 85.7 Å². The highest BCUT2D eigenvalue weighted by molar-refractivity contribution is 5.99. The molecular weight excluding hydrogens is 300 g/mol. The lowest BCUT2D eigenvalue weighted by Crippen LogP contribution is -2.50. The average Bonchev–Trinajstić information content (AvgIpc) is 2.79. The average molecular weight is 324 g/mol. The highest BCUT2D eigenvalue weighted by Crippen LogP contribution is 2.32. The summed E-state index contributed by atoms with van der Waals surface area (Å²) in [6.07, 6.45) is 0.938. The van der Waals surface area contributed by atoms with Crippen molar-refractivity contribution in [2.75, 3.05) is 18.6 Å². The molecule has 0 bridgehead atoms. The maximum atomic E-state index is 12.5. The van der Waals surface area contributed by atoms with E-state index >= 15 is 0 Å². The lowest BCUT2D eigenvalue weighted by Gasteiger charge is -2.23. The van der Waals surface area contributed by atoms with Gasteiger partial charge in [-0.2, -0.15) is 5.10 Å². The van der Waals surface area contributed by atoms with E-state index in [0.717, 1.165) is 0 Å². The third-order valence-electron chi connectivity index (χ3n) is 3.29. The molecular formula is C15H24N4O4. The lowest BCUT2D eigenvalue weighted by molar-refractivity contribution is -0.120. The minimum atomic E-state index is -0.817. The van der Waals surface area contributed by atoms with Crippen LogP contribution in [-0.2, 0) is 9.53 Å². The Hall–Kier alpha value is -2.25. The van der Waals surface area contributed by atoms with Gasteiger partial charge >= 0.3 is 6.09 Å². The molecule has 1 aliphatic heterocycles. The summed E-state index contributed by atoms with van der Waals surface area (Å²) in [4.78, 5) is 25.9. The number of carbonyl (C=O) groups is 2. The summed E-state index contributed by atoms with van der Waals surface area (Å²) < 4.78 is 12.6. The van der Waals surface area contributed by atoms with Gasteiger partial charge in [-0.1, -0.05) is 0 Å². The van der Waals surface area contributed by atoms with Crippen molar-refractivity contribution in [1.29, 1.82) is 0 Å². The number of anilines is 1. The second-order valence-electron chi connectivity index (χ2n) is 6.78. The molecule has 1 aromatic rings. The third-order valence-corrected chi connectivity index (χ3v) is 3.29. The normalized spacial score (nSPS) is 18.3. The van der Waals surface area contributed by atoms with E-state index in [0.29, 0.717) is 11.6 Å². The zero-order valence-electron chi connectivity index (χ0n) is 14.4. The summed E-state index contributed by atoms with van der Waals surface area (Å²) in [6.45, 7) is 9.25. The number of amides is 2. The Labute approximate surface area is 135 Å². The molecule has 2 heterocycles. The summed E-state index contributed by atoms with van der Waals surface area (Å²) in [5.41, 5.74) is -0.0525. The molecule has 0 saturated heterocycles. The molecule has 1 atom stereocenters. The molecule has 0 aliphatic carbocycles. The summed E-state index contributed by atoms with van der Waals surface area (Å²) in [5.74, 6) is 0.238. The summed E-state index contributed by atoms with van der Waals surface area (Å²) in [5, 5.41) is 6.81. The first-order valence-electron chi connectivity index (χ1n) is 7.57. The number of likely N-dealkylation sites (N-methyl/N-ethyl adjacent to an activating group) is 1. The lowest BCUT2D eigenvalue weighted by atomic mass is 10.2. The van der Waals surface area contributed by atoms with Gasteiger partial charge in [0.15, 0.2) is 0 Å². The van der Waals surface area contributed by atoms with Gasteiger partial charge in [0.05, 0.1) is 12.2 Å². The number of ether oxygens (including phenoxy) is 2. The third kappa shape index (κ3) is 3.75. The molecule has 1 aromatic heterocycles. The molecule has 0 fully saturated rings. The van der Waals surface area contributed by atoms with E-state index in [2.05, 4.69) is 10.4 Å². The summed E-state index contributed by atoms with van der Waals surface area (Å²) in [7, 11) is 1.63. The molecule has 0 spiro atoms. The first-order valence-corrected chi connectivity index (χ1v) is 7.57. The van der Waals surface area contributed by atoms with Crippen molar-refractivity contribution >= 4 is 17.7 Å². The fraction of sp³-hybridized carbons (Fsp3) is 0.667. The Balaban J connectivity index is 2.16. The first-order chi connectivity index (χ1) is 10.6. The van der Waals surface area contributed by atoms with Gasteiger partial charge < -0.3 is 19.7 Å². The van der Waals surface area contributed by atoms with Gasteiger partial charge in [-0.25, -0.2) is 9.48 Å². The minimum absolute atomic E-state index is 0.0217. The molecule has 1 N–H and O–H groups in total. The van der Waals surface area contributed by atoms with Crippen LogP contribution in [-0.4, -0.2) is 47.1 Å². The Kier molecular flexibility index (Phi) is 4.53. The number of hydrogen-bond acceptors (Lipinski definition) is 5. The van der Waals surface area contributed by atoms with E-state index in [1.54, 1.807) is 38.7 Å². The Morgan fingerprint density at radius 2 is 2.13 bits per heavy atom. The molecule has 8 heteroatoms. The summed E-state index contributed by atoms with van der Waals surface area (Å²) >= 11 is 0. The molecule has 0 aromatic carbocycles. The van der Waals surface area contributed by atoms with E-state index in [-0.39, 0.29) is 18.6 Å². The molecule has 2 rings (SSSR count). The van der Waals surface area contributed by atoms with E-state index < -0.39 is 17.7 Å². The van der Waals surface area contributed by atoms with Crippen molar-refractivity contribution < 1.29 is 19.1 Å². The Bertz CT molecular complexity index is 603. The maximum Gasteiger partial charge on any atom is 0.408 e. The molecule has 8 nitrogen and oxygen atoms in total. The molecule has 23 heavy (non-hydrogen) atoms. The summed E-state index contributed by atoms with van der Waals surface area (Å²) in [6, 6.07) is -0.722. The number of nitrogens with one attached hydrogen (secondary N) is 1. The van der Waals surface area contributed by atoms with E-state index in [1.807, 2.05) is 13.8 Å². The molecule has 0 radical (unpaired) electrons. The monoisotopic (exact) mass is 324 g/mol. The molecule has 1 aliphatic rings. The minimum Gasteiger partial charge on any atom is -0.474 e. The second kappa shape index (κ2) is 6.10. The zero-order valence-corrected chi connectivity index (χ0v) is 14.4. The standard InChI is InChI=1S/C15H24N4O4/c1-9(2)19-13-11(7-16-19)18(6)12(20)10(8-22-13)17-14(21)23-15(3,4)5/h7,9-10H,8H2,1-6H3,(H,17,21)/t10-/m0/s1. The van der Waals surface area contributed by atoms with Gasteiger partial charge in [-0.3, -0.25) is 4.79 Å². The number of nitrogens with zero attached hydrogens (tertiary/aromatic N) is 3. The van der Waals surface area contributed by atoms with Gasteiger partial charge in [0.1, 0.15) is 23.9 Å². The van der Waals surface area contributed by atoms with Crippen LogP contribution in [0, 0.1) is 0 Å². The van der Waals surface area contributed by atoms with Crippen LogP contribution in [0.1, 0.15) is 40.7 Å². The predicted molar refractivity (Wildman–Crippen MR) is 84.7 cm³/mol. The number of carbonyl (C=O) groups excluding carboxylic acids is 2. The largest absolute Gasteiger partial charge is 0.474 e. The van der Waals surface area contributed by atoms with Crippen LogP contribution in [0.15, 0.2) is 6.20 Å². The molecule has 128 valence electrons. The van der Waals surface area contributed by atoms with Crippen molar-refractivity contribution in [3.8, 4) is 5.88 Å². The number of fused-ring (bicyclic) bond motifs is 1. The Morgan fingerprint density at radius 1 is 1.48 bits per heavy atom. The van der Waals surface area contributed by atoms with E-state index in [1.165, 1.54) is 4.90 Å². The van der Waals surface area contributed by atoms with Gasteiger partial charge in [-0.05, 0) is 34.6 Å². The van der Waals surface area contributed by atoms with Crippen molar-refractivity contribution in [2.45, 2.75) is 52.3 Å². The fourth-order valence-corrected chi connectivity index (χ4v) is 2.22. The number of alkyl carbamates (subject to hydrolysis) is 1. The van der Waals surface area contributed by atoms with Gasteiger partial charge in [0.2, 0.25) is 5.88 Å². The van der Waals surface area contributed by atoms with Crippen LogP contribution in [0.3, 0.4) is 0 Å². The van der Waals surface area contributed by atoms with Crippen LogP contribution in [0.5, 0.6) is 5.88 Å². The van der Waals surface area contributed by atoms with Crippen LogP contribution in [0.2, 0.25) is 0 Å². The number of aromatic nitrogens is 2. The van der Waals surface area contributed by atoms with Crippen LogP contribution < -0.4 is 15.0 Å². The van der Waals surface area contributed by atoms with Crippen LogP contribution in [0.25, 0.3) is 0 Å². The van der Waals surface area contributed by atoms with E-state index in [4.69, 9.17) is 9.47 Å².